The van der Waals surface area contributed by atoms with Crippen LogP contribution in [0, 0.1) is 0 Å². The first-order valence-electron chi connectivity index (χ1n) is 10.0. The van der Waals surface area contributed by atoms with Gasteiger partial charge in [0.15, 0.2) is 0 Å². The van der Waals surface area contributed by atoms with Gasteiger partial charge in [-0.15, -0.1) is 0 Å². The molecule has 2 heterocycles. The van der Waals surface area contributed by atoms with Crippen LogP contribution in [0.15, 0.2) is 47.4 Å². The van der Waals surface area contributed by atoms with Gasteiger partial charge in [0, 0.05) is 55.5 Å². The minimum absolute atomic E-state index is 0.0421. The predicted molar refractivity (Wildman–Crippen MR) is 121 cm³/mol. The molecule has 0 N–H and O–H groups in total. The van der Waals surface area contributed by atoms with E-state index >= 15 is 0 Å². The third kappa shape index (κ3) is 4.83. The Bertz CT molecular complexity index is 1070. The molecule has 166 valence electrons. The number of sulfonamides is 1. The fourth-order valence-electron chi connectivity index (χ4n) is 3.78. The van der Waals surface area contributed by atoms with Gasteiger partial charge in [-0.05, 0) is 36.4 Å². The molecule has 10 heteroatoms. The molecule has 0 atom stereocenters. The topological polar surface area (TPSA) is 70.2 Å². The van der Waals surface area contributed by atoms with E-state index in [9.17, 15) is 13.2 Å². The summed E-state index contributed by atoms with van der Waals surface area (Å²) in [6, 6.07) is 12.1. The summed E-state index contributed by atoms with van der Waals surface area (Å²) in [7, 11) is -3.80. The van der Waals surface area contributed by atoms with Gasteiger partial charge in [-0.2, -0.15) is 4.31 Å². The fraction of sp³-hybridized carbons (Fsp3) is 0.381. The summed E-state index contributed by atoms with van der Waals surface area (Å²) in [5.74, 6) is -0.208. The Labute approximate surface area is 192 Å². The van der Waals surface area contributed by atoms with Gasteiger partial charge in [0.05, 0.1) is 18.2 Å². The average Bonchev–Trinajstić information content (AvgIpc) is 2.79. The molecule has 31 heavy (non-hydrogen) atoms. The van der Waals surface area contributed by atoms with Gasteiger partial charge < -0.3 is 14.5 Å². The van der Waals surface area contributed by atoms with Crippen molar-refractivity contribution in [2.45, 2.75) is 4.90 Å². The maximum absolute atomic E-state index is 13.1. The summed E-state index contributed by atoms with van der Waals surface area (Å²) >= 11 is 12.3. The van der Waals surface area contributed by atoms with Crippen LogP contribution >= 0.6 is 23.2 Å². The molecular weight excluding hydrogens is 461 g/mol. The van der Waals surface area contributed by atoms with Gasteiger partial charge in [0.2, 0.25) is 10.0 Å². The van der Waals surface area contributed by atoms with Crippen molar-refractivity contribution in [2.24, 2.45) is 0 Å². The third-order valence-corrected chi connectivity index (χ3v) is 8.12. The van der Waals surface area contributed by atoms with Gasteiger partial charge in [-0.1, -0.05) is 29.3 Å². The van der Waals surface area contributed by atoms with Gasteiger partial charge in [-0.3, -0.25) is 4.79 Å². The van der Waals surface area contributed by atoms with Crippen molar-refractivity contribution < 1.29 is 17.9 Å². The maximum atomic E-state index is 13.1. The van der Waals surface area contributed by atoms with Crippen molar-refractivity contribution in [3.8, 4) is 0 Å². The van der Waals surface area contributed by atoms with Crippen LogP contribution in [0.25, 0.3) is 0 Å². The number of morpholine rings is 1. The van der Waals surface area contributed by atoms with Crippen molar-refractivity contribution in [1.82, 2.24) is 9.21 Å². The van der Waals surface area contributed by atoms with Gasteiger partial charge >= 0.3 is 0 Å². The van der Waals surface area contributed by atoms with E-state index in [1.165, 1.54) is 16.4 Å². The zero-order valence-electron chi connectivity index (χ0n) is 16.8. The van der Waals surface area contributed by atoms with Crippen LogP contribution in [-0.2, 0) is 14.8 Å². The highest BCUT2D eigenvalue weighted by atomic mass is 35.5. The Morgan fingerprint density at radius 3 is 2.29 bits per heavy atom. The number of halogens is 2. The van der Waals surface area contributed by atoms with Crippen LogP contribution in [0.4, 0.5) is 5.69 Å². The van der Waals surface area contributed by atoms with Crippen molar-refractivity contribution in [2.75, 3.05) is 57.4 Å². The lowest BCUT2D eigenvalue weighted by atomic mass is 10.1. The number of hydrogen-bond acceptors (Lipinski definition) is 5. The van der Waals surface area contributed by atoms with Gasteiger partial charge in [0.1, 0.15) is 4.90 Å². The molecule has 0 aliphatic carbocycles. The quantitative estimate of drug-likeness (QED) is 0.668. The Kier molecular flexibility index (Phi) is 6.74. The zero-order chi connectivity index (χ0) is 22.0. The molecule has 2 saturated heterocycles. The lowest BCUT2D eigenvalue weighted by Gasteiger charge is -2.36. The molecule has 2 fully saturated rings. The van der Waals surface area contributed by atoms with E-state index in [1.54, 1.807) is 11.0 Å². The molecule has 0 aromatic heterocycles. The molecular formula is C21H23Cl2N3O4S. The van der Waals surface area contributed by atoms with Crippen LogP contribution in [0.5, 0.6) is 0 Å². The molecule has 0 spiro atoms. The highest BCUT2D eigenvalue weighted by Crippen LogP contribution is 2.27. The standard InChI is InChI=1S/C21H23Cl2N3O4S/c22-17-2-1-3-18(15-17)24-6-8-25(9-7-24)21(27)16-4-5-19(23)20(14-16)31(28,29)26-10-12-30-13-11-26/h1-5,14-15H,6-13H2. The molecule has 2 aromatic rings. The highest BCUT2D eigenvalue weighted by molar-refractivity contribution is 7.89. The van der Waals surface area contributed by atoms with Crippen molar-refractivity contribution in [3.63, 3.8) is 0 Å². The maximum Gasteiger partial charge on any atom is 0.254 e. The second-order valence-corrected chi connectivity index (χ2v) is 10.2. The number of hydrogen-bond donors (Lipinski definition) is 0. The third-order valence-electron chi connectivity index (χ3n) is 5.51. The van der Waals surface area contributed by atoms with Gasteiger partial charge in [0.25, 0.3) is 5.91 Å². The first-order chi connectivity index (χ1) is 14.9. The van der Waals surface area contributed by atoms with Crippen molar-refractivity contribution >= 4 is 44.8 Å². The normalized spacial score (nSPS) is 18.3. The number of carbonyl (C=O) groups excluding carboxylic acids is 1. The molecule has 0 bridgehead atoms. The first-order valence-corrected chi connectivity index (χ1v) is 12.2. The lowest BCUT2D eigenvalue weighted by molar-refractivity contribution is 0.0729. The molecule has 0 radical (unpaired) electrons. The SMILES string of the molecule is O=C(c1ccc(Cl)c(S(=O)(=O)N2CCOCC2)c1)N1CCN(c2cccc(Cl)c2)CC1. The summed E-state index contributed by atoms with van der Waals surface area (Å²) < 4.78 is 32.6. The monoisotopic (exact) mass is 483 g/mol. The minimum Gasteiger partial charge on any atom is -0.379 e. The molecule has 4 rings (SSSR count). The van der Waals surface area contributed by atoms with E-state index in [2.05, 4.69) is 4.90 Å². The van der Waals surface area contributed by atoms with E-state index in [0.717, 1.165) is 5.69 Å². The fourth-order valence-corrected chi connectivity index (χ4v) is 5.88. The summed E-state index contributed by atoms with van der Waals surface area (Å²) in [6.07, 6.45) is 0. The molecule has 7 nitrogen and oxygen atoms in total. The number of anilines is 1. The summed E-state index contributed by atoms with van der Waals surface area (Å²) in [5, 5.41) is 0.778. The van der Waals surface area contributed by atoms with Crippen LogP contribution in [0.1, 0.15) is 10.4 Å². The summed E-state index contributed by atoms with van der Waals surface area (Å²) in [5.41, 5.74) is 1.33. The van der Waals surface area contributed by atoms with Crippen LogP contribution < -0.4 is 4.90 Å². The zero-order valence-corrected chi connectivity index (χ0v) is 19.2. The Balaban J connectivity index is 1.49. The lowest BCUT2D eigenvalue weighted by Crippen LogP contribution is -2.48. The van der Waals surface area contributed by atoms with E-state index in [-0.39, 0.29) is 28.9 Å². The molecule has 2 aliphatic heterocycles. The first kappa shape index (κ1) is 22.4. The largest absolute Gasteiger partial charge is 0.379 e. The number of carbonyl (C=O) groups is 1. The number of nitrogens with zero attached hydrogens (tertiary/aromatic N) is 3. The van der Waals surface area contributed by atoms with Crippen LogP contribution in [-0.4, -0.2) is 76.0 Å². The van der Waals surface area contributed by atoms with E-state index in [4.69, 9.17) is 27.9 Å². The second-order valence-electron chi connectivity index (χ2n) is 7.42. The van der Waals surface area contributed by atoms with Crippen molar-refractivity contribution in [3.05, 3.63) is 58.1 Å². The number of ether oxygens (including phenoxy) is 1. The smallest absolute Gasteiger partial charge is 0.254 e. The average molecular weight is 484 g/mol. The Morgan fingerprint density at radius 2 is 1.61 bits per heavy atom. The summed E-state index contributed by atoms with van der Waals surface area (Å²) in [4.78, 5) is 16.9. The predicted octanol–water partition coefficient (Wildman–Crippen LogP) is 2.98. The minimum atomic E-state index is -3.80. The van der Waals surface area contributed by atoms with E-state index in [1.807, 2.05) is 24.3 Å². The Hall–Kier alpha value is -1.84. The molecule has 1 amide bonds. The van der Waals surface area contributed by atoms with Gasteiger partial charge in [-0.25, -0.2) is 8.42 Å². The highest BCUT2D eigenvalue weighted by Gasteiger charge is 2.30. The molecule has 0 saturated carbocycles. The molecule has 0 unspecified atom stereocenters. The van der Waals surface area contributed by atoms with Crippen molar-refractivity contribution in [1.29, 1.82) is 0 Å². The Morgan fingerprint density at radius 1 is 0.903 bits per heavy atom. The number of amides is 1. The second kappa shape index (κ2) is 9.34. The molecule has 2 aromatic carbocycles. The summed E-state index contributed by atoms with van der Waals surface area (Å²) in [6.45, 7) is 3.60. The number of rotatable bonds is 4. The number of benzene rings is 2. The van der Waals surface area contributed by atoms with E-state index in [0.29, 0.717) is 50.0 Å². The molecule has 2 aliphatic rings. The van der Waals surface area contributed by atoms with E-state index < -0.39 is 10.0 Å². The van der Waals surface area contributed by atoms with Crippen LogP contribution in [0.3, 0.4) is 0 Å². The van der Waals surface area contributed by atoms with Crippen LogP contribution in [0.2, 0.25) is 10.0 Å². The number of piperazine rings is 1.